The Morgan fingerprint density at radius 2 is 2.04 bits per heavy atom. The van der Waals surface area contributed by atoms with Crippen molar-refractivity contribution in [1.29, 1.82) is 0 Å². The number of hydrogen-bond acceptors (Lipinski definition) is 5. The lowest BCUT2D eigenvalue weighted by Crippen LogP contribution is -2.36. The first-order valence-corrected chi connectivity index (χ1v) is 8.75. The van der Waals surface area contributed by atoms with Gasteiger partial charge in [-0.15, -0.1) is 0 Å². The molecule has 1 aromatic carbocycles. The lowest BCUT2D eigenvalue weighted by Gasteiger charge is -2.25. The largest absolute Gasteiger partial charge is 0.383 e. The first-order valence-electron chi connectivity index (χ1n) is 8.75. The molecule has 0 saturated carbocycles. The van der Waals surface area contributed by atoms with Crippen LogP contribution >= 0.6 is 0 Å². The average Bonchev–Trinajstić information content (AvgIpc) is 3.11. The van der Waals surface area contributed by atoms with E-state index < -0.39 is 4.92 Å². The van der Waals surface area contributed by atoms with Crippen LogP contribution < -0.4 is 4.90 Å². The third-order valence-electron chi connectivity index (χ3n) is 4.30. The molecular formula is C18H27N3O4. The Labute approximate surface area is 148 Å². The van der Waals surface area contributed by atoms with Crippen molar-refractivity contribution in [3.05, 3.63) is 33.9 Å². The van der Waals surface area contributed by atoms with Gasteiger partial charge in [-0.1, -0.05) is 13.8 Å². The predicted molar refractivity (Wildman–Crippen MR) is 97.2 cm³/mol. The molecule has 0 N–H and O–H groups in total. The summed E-state index contributed by atoms with van der Waals surface area (Å²) in [5.41, 5.74) is 0.960. The van der Waals surface area contributed by atoms with Gasteiger partial charge in [0.15, 0.2) is 0 Å². The maximum absolute atomic E-state index is 12.8. The second-order valence-corrected chi connectivity index (χ2v) is 6.79. The Hall–Kier alpha value is -2.15. The molecular weight excluding hydrogens is 322 g/mol. The average molecular weight is 349 g/mol. The van der Waals surface area contributed by atoms with Crippen LogP contribution in [0.15, 0.2) is 18.2 Å². The summed E-state index contributed by atoms with van der Waals surface area (Å²) >= 11 is 0. The molecule has 1 amide bonds. The molecule has 0 aromatic heterocycles. The minimum atomic E-state index is -0.396. The lowest BCUT2D eigenvalue weighted by molar-refractivity contribution is -0.384. The molecule has 1 aliphatic rings. The Morgan fingerprint density at radius 1 is 1.36 bits per heavy atom. The molecule has 1 saturated heterocycles. The number of rotatable bonds is 8. The number of amides is 1. The highest BCUT2D eigenvalue weighted by Crippen LogP contribution is 2.32. The summed E-state index contributed by atoms with van der Waals surface area (Å²) in [6, 6.07) is 4.82. The summed E-state index contributed by atoms with van der Waals surface area (Å²) in [7, 11) is 1.59. The monoisotopic (exact) mass is 349 g/mol. The number of methoxy groups -OCH3 is 1. The Morgan fingerprint density at radius 3 is 2.60 bits per heavy atom. The summed E-state index contributed by atoms with van der Waals surface area (Å²) in [5.74, 6) is 0.112. The Balaban J connectivity index is 2.28. The highest BCUT2D eigenvalue weighted by Gasteiger charge is 2.25. The molecule has 0 spiro atoms. The zero-order chi connectivity index (χ0) is 18.4. The van der Waals surface area contributed by atoms with Gasteiger partial charge < -0.3 is 14.5 Å². The number of nitro benzene ring substituents is 1. The van der Waals surface area contributed by atoms with E-state index in [2.05, 4.69) is 0 Å². The molecule has 1 fully saturated rings. The standard InChI is InChI=1S/C18H27N3O4/c1-14(2)13-20(10-11-25-3)18(22)15-6-7-16(17(12-15)21(23)24)19-8-4-5-9-19/h6-7,12,14H,4-5,8-11,13H2,1-3H3. The van der Waals surface area contributed by atoms with Gasteiger partial charge in [-0.25, -0.2) is 0 Å². The molecule has 138 valence electrons. The van der Waals surface area contributed by atoms with Crippen LogP contribution in [0.4, 0.5) is 11.4 Å². The van der Waals surface area contributed by atoms with Crippen LogP contribution in [0, 0.1) is 16.0 Å². The minimum Gasteiger partial charge on any atom is -0.383 e. The van der Waals surface area contributed by atoms with E-state index in [1.165, 1.54) is 6.07 Å². The molecule has 0 unspecified atom stereocenters. The van der Waals surface area contributed by atoms with Crippen LogP contribution in [-0.2, 0) is 4.74 Å². The van der Waals surface area contributed by atoms with Crippen molar-refractivity contribution in [2.45, 2.75) is 26.7 Å². The highest BCUT2D eigenvalue weighted by molar-refractivity contribution is 5.95. The van der Waals surface area contributed by atoms with Crippen LogP contribution in [0.1, 0.15) is 37.0 Å². The molecule has 0 radical (unpaired) electrons. The summed E-state index contributed by atoms with van der Waals surface area (Å²) in [6.45, 7) is 7.20. The third-order valence-corrected chi connectivity index (χ3v) is 4.30. The maximum Gasteiger partial charge on any atom is 0.293 e. The van der Waals surface area contributed by atoms with E-state index in [1.807, 2.05) is 18.7 Å². The second-order valence-electron chi connectivity index (χ2n) is 6.79. The number of hydrogen-bond donors (Lipinski definition) is 0. The number of nitro groups is 1. The van der Waals surface area contributed by atoms with Crippen LogP contribution in [0.3, 0.4) is 0 Å². The van der Waals surface area contributed by atoms with Crippen molar-refractivity contribution >= 4 is 17.3 Å². The summed E-state index contributed by atoms with van der Waals surface area (Å²) in [5, 5.41) is 11.5. The molecule has 25 heavy (non-hydrogen) atoms. The van der Waals surface area contributed by atoms with Crippen LogP contribution in [0.25, 0.3) is 0 Å². The van der Waals surface area contributed by atoms with E-state index in [9.17, 15) is 14.9 Å². The van der Waals surface area contributed by atoms with Gasteiger partial charge in [-0.05, 0) is 30.9 Å². The van der Waals surface area contributed by atoms with E-state index in [1.54, 1.807) is 24.1 Å². The molecule has 0 bridgehead atoms. The van der Waals surface area contributed by atoms with Crippen molar-refractivity contribution in [3.8, 4) is 0 Å². The van der Waals surface area contributed by atoms with Gasteiger partial charge in [0.05, 0.1) is 11.5 Å². The van der Waals surface area contributed by atoms with E-state index in [-0.39, 0.29) is 11.6 Å². The quantitative estimate of drug-likeness (QED) is 0.533. The maximum atomic E-state index is 12.8. The number of carbonyl (C=O) groups is 1. The van der Waals surface area contributed by atoms with Gasteiger partial charge in [-0.2, -0.15) is 0 Å². The van der Waals surface area contributed by atoms with Crippen LogP contribution in [0.2, 0.25) is 0 Å². The summed E-state index contributed by atoms with van der Waals surface area (Å²) in [6.07, 6.45) is 2.08. The topological polar surface area (TPSA) is 75.9 Å². The van der Waals surface area contributed by atoms with Crippen molar-refractivity contribution in [1.82, 2.24) is 4.90 Å². The van der Waals surface area contributed by atoms with E-state index in [4.69, 9.17) is 4.74 Å². The molecule has 0 aliphatic carbocycles. The SMILES string of the molecule is COCCN(CC(C)C)C(=O)c1ccc(N2CCCC2)c([N+](=O)[O-])c1. The fourth-order valence-corrected chi connectivity index (χ4v) is 3.13. The number of benzene rings is 1. The predicted octanol–water partition coefficient (Wildman–Crippen LogP) is 2.94. The van der Waals surface area contributed by atoms with Gasteiger partial charge in [0.25, 0.3) is 11.6 Å². The van der Waals surface area contributed by atoms with Gasteiger partial charge in [-0.3, -0.25) is 14.9 Å². The van der Waals surface area contributed by atoms with Crippen molar-refractivity contribution in [3.63, 3.8) is 0 Å². The van der Waals surface area contributed by atoms with Gasteiger partial charge in [0.1, 0.15) is 5.69 Å². The number of carbonyl (C=O) groups excluding carboxylic acids is 1. The van der Waals surface area contributed by atoms with Gasteiger partial charge >= 0.3 is 0 Å². The van der Waals surface area contributed by atoms with E-state index >= 15 is 0 Å². The normalized spacial score (nSPS) is 14.2. The number of anilines is 1. The Bertz CT molecular complexity index is 612. The van der Waals surface area contributed by atoms with E-state index in [0.29, 0.717) is 36.9 Å². The zero-order valence-corrected chi connectivity index (χ0v) is 15.2. The van der Waals surface area contributed by atoms with Crippen LogP contribution in [0.5, 0.6) is 0 Å². The first kappa shape index (κ1) is 19.2. The summed E-state index contributed by atoms with van der Waals surface area (Å²) in [4.78, 5) is 27.7. The zero-order valence-electron chi connectivity index (χ0n) is 15.2. The number of nitrogens with zero attached hydrogens (tertiary/aromatic N) is 3. The lowest BCUT2D eigenvalue weighted by atomic mass is 10.1. The molecule has 1 aromatic rings. The van der Waals surface area contributed by atoms with Crippen molar-refractivity contribution < 1.29 is 14.5 Å². The molecule has 0 atom stereocenters. The Kier molecular flexibility index (Phi) is 6.75. The first-order chi connectivity index (χ1) is 11.9. The van der Waals surface area contributed by atoms with Gasteiger partial charge in [0, 0.05) is 44.9 Å². The van der Waals surface area contributed by atoms with Crippen LogP contribution in [-0.4, -0.2) is 55.6 Å². The highest BCUT2D eigenvalue weighted by atomic mass is 16.6. The van der Waals surface area contributed by atoms with Crippen molar-refractivity contribution in [2.24, 2.45) is 5.92 Å². The molecule has 7 nitrogen and oxygen atoms in total. The summed E-state index contributed by atoms with van der Waals surface area (Å²) < 4.78 is 5.08. The molecule has 7 heteroatoms. The third kappa shape index (κ3) is 4.92. The van der Waals surface area contributed by atoms with Gasteiger partial charge in [0.2, 0.25) is 0 Å². The minimum absolute atomic E-state index is 0.00369. The fraction of sp³-hybridized carbons (Fsp3) is 0.611. The number of ether oxygens (including phenoxy) is 1. The van der Waals surface area contributed by atoms with Crippen molar-refractivity contribution in [2.75, 3.05) is 44.8 Å². The smallest absolute Gasteiger partial charge is 0.293 e. The molecule has 2 rings (SSSR count). The van der Waals surface area contributed by atoms with E-state index in [0.717, 1.165) is 25.9 Å². The second kappa shape index (κ2) is 8.80. The molecule has 1 aliphatic heterocycles. The fourth-order valence-electron chi connectivity index (χ4n) is 3.13. The molecule has 1 heterocycles.